The summed E-state index contributed by atoms with van der Waals surface area (Å²) < 4.78 is 4.91. The molecule has 1 aliphatic heterocycles. The number of carbonyl (C=O) groups is 4. The second-order valence-corrected chi connectivity index (χ2v) is 7.44. The molecular formula is C21H20N2O5S. The molecule has 1 fully saturated rings. The van der Waals surface area contributed by atoms with Crippen LogP contribution in [0.15, 0.2) is 54.6 Å². The number of imide groups is 1. The van der Waals surface area contributed by atoms with Crippen LogP contribution >= 0.6 is 11.8 Å². The zero-order valence-corrected chi connectivity index (χ0v) is 16.6. The lowest BCUT2D eigenvalue weighted by atomic mass is 10.2. The van der Waals surface area contributed by atoms with Crippen molar-refractivity contribution in [1.29, 1.82) is 0 Å². The summed E-state index contributed by atoms with van der Waals surface area (Å²) >= 11 is 1.14. The molecule has 1 aliphatic rings. The van der Waals surface area contributed by atoms with Crippen LogP contribution in [0.2, 0.25) is 0 Å². The Bertz CT molecular complexity index is 914. The van der Waals surface area contributed by atoms with Gasteiger partial charge in [0.2, 0.25) is 17.7 Å². The predicted molar refractivity (Wildman–Crippen MR) is 111 cm³/mol. The van der Waals surface area contributed by atoms with Crippen LogP contribution in [0.1, 0.15) is 23.7 Å². The maximum atomic E-state index is 12.6. The molecule has 0 radical (unpaired) electrons. The van der Waals surface area contributed by atoms with Crippen molar-refractivity contribution in [3.63, 3.8) is 0 Å². The van der Waals surface area contributed by atoms with Gasteiger partial charge < -0.3 is 10.1 Å². The van der Waals surface area contributed by atoms with E-state index < -0.39 is 11.2 Å². The lowest BCUT2D eigenvalue weighted by molar-refractivity contribution is -0.121. The summed E-state index contributed by atoms with van der Waals surface area (Å²) in [5.41, 5.74) is 1.47. The highest BCUT2D eigenvalue weighted by Gasteiger charge is 2.39. The molecule has 0 spiro atoms. The van der Waals surface area contributed by atoms with Crippen LogP contribution in [0.5, 0.6) is 0 Å². The first-order valence-corrected chi connectivity index (χ1v) is 10.1. The van der Waals surface area contributed by atoms with Crippen LogP contribution in [0.3, 0.4) is 0 Å². The molecule has 0 aromatic heterocycles. The van der Waals surface area contributed by atoms with Crippen molar-refractivity contribution in [2.75, 3.05) is 22.6 Å². The third-order valence-electron chi connectivity index (χ3n) is 4.22. The van der Waals surface area contributed by atoms with E-state index in [0.29, 0.717) is 23.5 Å². The highest BCUT2D eigenvalue weighted by molar-refractivity contribution is 8.01. The first-order valence-electron chi connectivity index (χ1n) is 9.10. The number of hydrogen-bond acceptors (Lipinski definition) is 6. The quantitative estimate of drug-likeness (QED) is 0.555. The minimum Gasteiger partial charge on any atom is -0.462 e. The van der Waals surface area contributed by atoms with E-state index in [2.05, 4.69) is 5.32 Å². The smallest absolute Gasteiger partial charge is 0.338 e. The first-order chi connectivity index (χ1) is 14.0. The first kappa shape index (κ1) is 20.6. The second-order valence-electron chi connectivity index (χ2n) is 6.25. The van der Waals surface area contributed by atoms with Crippen LogP contribution < -0.4 is 10.2 Å². The number of nitrogens with one attached hydrogen (secondary N) is 1. The largest absolute Gasteiger partial charge is 0.462 e. The maximum absolute atomic E-state index is 12.6. The van der Waals surface area contributed by atoms with Gasteiger partial charge in [0.05, 0.1) is 28.9 Å². The Morgan fingerprint density at radius 1 is 1.10 bits per heavy atom. The average Bonchev–Trinajstić information content (AvgIpc) is 3.01. The predicted octanol–water partition coefficient (Wildman–Crippen LogP) is 2.87. The van der Waals surface area contributed by atoms with Crippen LogP contribution in [0.25, 0.3) is 0 Å². The SMILES string of the molecule is CCOC(=O)c1ccc(NC(=O)CSC2CC(=O)N(c3ccccc3)C2=O)cc1. The summed E-state index contributed by atoms with van der Waals surface area (Å²) in [6.07, 6.45) is 0.0694. The number of amides is 3. The molecule has 2 aromatic rings. The molecular weight excluding hydrogens is 392 g/mol. The van der Waals surface area contributed by atoms with Gasteiger partial charge in [0.15, 0.2) is 0 Å². The third-order valence-corrected chi connectivity index (χ3v) is 5.41. The van der Waals surface area contributed by atoms with E-state index in [-0.39, 0.29) is 29.9 Å². The molecule has 1 unspecified atom stereocenters. The van der Waals surface area contributed by atoms with E-state index in [9.17, 15) is 19.2 Å². The topological polar surface area (TPSA) is 92.8 Å². The van der Waals surface area contributed by atoms with E-state index >= 15 is 0 Å². The molecule has 0 saturated carbocycles. The monoisotopic (exact) mass is 412 g/mol. The number of hydrogen-bond donors (Lipinski definition) is 1. The van der Waals surface area contributed by atoms with Crippen LogP contribution in [0, 0.1) is 0 Å². The van der Waals surface area contributed by atoms with Gasteiger partial charge in [0, 0.05) is 12.1 Å². The highest BCUT2D eigenvalue weighted by Crippen LogP contribution is 2.29. The van der Waals surface area contributed by atoms with Crippen LogP contribution in [-0.4, -0.2) is 41.3 Å². The van der Waals surface area contributed by atoms with E-state index in [0.717, 1.165) is 11.8 Å². The lowest BCUT2D eigenvalue weighted by Gasteiger charge is -2.14. The van der Waals surface area contributed by atoms with Crippen molar-refractivity contribution >= 4 is 46.8 Å². The van der Waals surface area contributed by atoms with Crippen molar-refractivity contribution < 1.29 is 23.9 Å². The van der Waals surface area contributed by atoms with Gasteiger partial charge in [0.25, 0.3) is 0 Å². The Morgan fingerprint density at radius 2 is 1.79 bits per heavy atom. The number of nitrogens with zero attached hydrogens (tertiary/aromatic N) is 1. The van der Waals surface area contributed by atoms with Gasteiger partial charge in [-0.2, -0.15) is 0 Å². The molecule has 1 heterocycles. The fraction of sp³-hybridized carbons (Fsp3) is 0.238. The number of anilines is 2. The van der Waals surface area contributed by atoms with Gasteiger partial charge in [-0.25, -0.2) is 9.69 Å². The molecule has 8 heteroatoms. The molecule has 0 aliphatic carbocycles. The zero-order chi connectivity index (χ0) is 20.8. The van der Waals surface area contributed by atoms with Gasteiger partial charge in [-0.1, -0.05) is 18.2 Å². The maximum Gasteiger partial charge on any atom is 0.338 e. The molecule has 1 atom stereocenters. The van der Waals surface area contributed by atoms with E-state index in [1.165, 1.54) is 4.90 Å². The fourth-order valence-electron chi connectivity index (χ4n) is 2.86. The zero-order valence-electron chi connectivity index (χ0n) is 15.8. The van der Waals surface area contributed by atoms with E-state index in [1.807, 2.05) is 6.07 Å². The second kappa shape index (κ2) is 9.38. The normalized spacial score (nSPS) is 16.0. The number of ether oxygens (including phenoxy) is 1. The fourth-order valence-corrected chi connectivity index (χ4v) is 3.79. The Morgan fingerprint density at radius 3 is 2.45 bits per heavy atom. The minimum absolute atomic E-state index is 0.0337. The number of esters is 1. The van der Waals surface area contributed by atoms with Crippen molar-refractivity contribution in [3.8, 4) is 0 Å². The van der Waals surface area contributed by atoms with Gasteiger partial charge in [0.1, 0.15) is 0 Å². The van der Waals surface area contributed by atoms with E-state index in [4.69, 9.17) is 4.74 Å². The summed E-state index contributed by atoms with van der Waals surface area (Å²) in [5.74, 6) is -1.26. The molecule has 3 amide bonds. The Hall–Kier alpha value is -3.13. The number of para-hydroxylation sites is 1. The number of benzene rings is 2. The summed E-state index contributed by atoms with van der Waals surface area (Å²) in [5, 5.41) is 2.13. The molecule has 1 N–H and O–H groups in total. The summed E-state index contributed by atoms with van der Waals surface area (Å²) in [4.78, 5) is 49.8. The van der Waals surface area contributed by atoms with Crippen LogP contribution in [0.4, 0.5) is 11.4 Å². The minimum atomic E-state index is -0.584. The van der Waals surface area contributed by atoms with Crippen molar-refractivity contribution in [1.82, 2.24) is 0 Å². The molecule has 29 heavy (non-hydrogen) atoms. The van der Waals surface area contributed by atoms with Gasteiger partial charge in [-0.15, -0.1) is 11.8 Å². The van der Waals surface area contributed by atoms with Crippen molar-refractivity contribution in [2.45, 2.75) is 18.6 Å². The van der Waals surface area contributed by atoms with Gasteiger partial charge >= 0.3 is 5.97 Å². The summed E-state index contributed by atoms with van der Waals surface area (Å²) in [6, 6.07) is 15.1. The standard InChI is InChI=1S/C21H20N2O5S/c1-2-28-21(27)14-8-10-15(11-9-14)22-18(24)13-29-17-12-19(25)23(20(17)26)16-6-4-3-5-7-16/h3-11,17H,2,12-13H2,1H3,(H,22,24). The van der Waals surface area contributed by atoms with Gasteiger partial charge in [-0.3, -0.25) is 14.4 Å². The summed E-state index contributed by atoms with van der Waals surface area (Å²) in [6.45, 7) is 2.02. The lowest BCUT2D eigenvalue weighted by Crippen LogP contribution is -2.31. The molecule has 150 valence electrons. The molecule has 0 bridgehead atoms. The molecule has 2 aromatic carbocycles. The van der Waals surface area contributed by atoms with Gasteiger partial charge in [-0.05, 0) is 43.3 Å². The average molecular weight is 412 g/mol. The Labute approximate surface area is 172 Å². The molecule has 1 saturated heterocycles. The van der Waals surface area contributed by atoms with Crippen molar-refractivity contribution in [3.05, 3.63) is 60.2 Å². The molecule has 3 rings (SSSR count). The third kappa shape index (κ3) is 5.03. The van der Waals surface area contributed by atoms with Crippen LogP contribution in [-0.2, 0) is 19.1 Å². The van der Waals surface area contributed by atoms with E-state index in [1.54, 1.807) is 55.5 Å². The number of carbonyl (C=O) groups excluding carboxylic acids is 4. The highest BCUT2D eigenvalue weighted by atomic mass is 32.2. The van der Waals surface area contributed by atoms with Crippen molar-refractivity contribution in [2.24, 2.45) is 0 Å². The molecule has 7 nitrogen and oxygen atoms in total. The summed E-state index contributed by atoms with van der Waals surface area (Å²) in [7, 11) is 0. The Balaban J connectivity index is 1.52. The number of rotatable bonds is 7. The number of thioether (sulfide) groups is 1. The Kier molecular flexibility index (Phi) is 6.66.